The van der Waals surface area contributed by atoms with Crippen LogP contribution in [-0.4, -0.2) is 47.9 Å². The van der Waals surface area contributed by atoms with Gasteiger partial charge in [0.1, 0.15) is 0 Å². The summed E-state index contributed by atoms with van der Waals surface area (Å²) in [4.78, 5) is 11.9. The predicted molar refractivity (Wildman–Crippen MR) is 72.8 cm³/mol. The highest BCUT2D eigenvalue weighted by molar-refractivity contribution is 7.88. The maximum absolute atomic E-state index is 11.9. The molecule has 0 amide bonds. The third kappa shape index (κ3) is 2.71. The fourth-order valence-corrected chi connectivity index (χ4v) is 3.16. The standard InChI is InChI=1S/C12H19N3O4S/c1-4-15-10-6-7-14(20(3,17)18)8-9(10)11(13-15)12(16)19-5-2/h4-8H2,1-3H3. The van der Waals surface area contributed by atoms with Crippen LogP contribution in [0.5, 0.6) is 0 Å². The van der Waals surface area contributed by atoms with E-state index in [0.29, 0.717) is 25.1 Å². The lowest BCUT2D eigenvalue weighted by molar-refractivity contribution is 0.0516. The molecule has 0 unspecified atom stereocenters. The Hall–Kier alpha value is -1.41. The van der Waals surface area contributed by atoms with Crippen LogP contribution < -0.4 is 0 Å². The van der Waals surface area contributed by atoms with Crippen molar-refractivity contribution in [3.05, 3.63) is 17.0 Å². The minimum atomic E-state index is -3.28. The molecule has 0 fully saturated rings. The van der Waals surface area contributed by atoms with E-state index in [4.69, 9.17) is 4.74 Å². The van der Waals surface area contributed by atoms with Crippen molar-refractivity contribution < 1.29 is 17.9 Å². The van der Waals surface area contributed by atoms with E-state index in [1.807, 2.05) is 6.92 Å². The molecule has 0 saturated carbocycles. The Labute approximate surface area is 118 Å². The Kier molecular flexibility index (Phi) is 4.14. The minimum absolute atomic E-state index is 0.183. The molecular weight excluding hydrogens is 282 g/mol. The van der Waals surface area contributed by atoms with E-state index in [0.717, 1.165) is 5.69 Å². The number of rotatable bonds is 4. The van der Waals surface area contributed by atoms with Crippen molar-refractivity contribution in [2.24, 2.45) is 0 Å². The summed E-state index contributed by atoms with van der Waals surface area (Å²) in [6.07, 6.45) is 1.73. The van der Waals surface area contributed by atoms with Gasteiger partial charge in [0.15, 0.2) is 5.69 Å². The lowest BCUT2D eigenvalue weighted by Crippen LogP contribution is -2.36. The van der Waals surface area contributed by atoms with Crippen LogP contribution in [0.1, 0.15) is 35.6 Å². The van der Waals surface area contributed by atoms with Gasteiger partial charge in [-0.15, -0.1) is 0 Å². The van der Waals surface area contributed by atoms with Crippen molar-refractivity contribution in [3.63, 3.8) is 0 Å². The SMILES string of the molecule is CCOC(=O)c1nn(CC)c2c1CN(S(C)(=O)=O)CC2. The zero-order chi connectivity index (χ0) is 14.9. The van der Waals surface area contributed by atoms with Crippen LogP contribution in [0.3, 0.4) is 0 Å². The topological polar surface area (TPSA) is 81.5 Å². The molecule has 7 nitrogen and oxygen atoms in total. The van der Waals surface area contributed by atoms with Gasteiger partial charge >= 0.3 is 5.97 Å². The van der Waals surface area contributed by atoms with E-state index < -0.39 is 16.0 Å². The molecule has 1 aliphatic heterocycles. The molecule has 2 rings (SSSR count). The van der Waals surface area contributed by atoms with Crippen LogP contribution in [-0.2, 0) is 34.3 Å². The van der Waals surface area contributed by atoms with E-state index in [-0.39, 0.29) is 18.8 Å². The fraction of sp³-hybridized carbons (Fsp3) is 0.667. The summed E-state index contributed by atoms with van der Waals surface area (Å²) < 4.78 is 31.4. The second-order valence-electron chi connectivity index (χ2n) is 4.66. The molecule has 0 radical (unpaired) electrons. The molecule has 0 spiro atoms. The number of carbonyl (C=O) groups is 1. The Bertz CT molecular complexity index is 621. The van der Waals surface area contributed by atoms with Gasteiger partial charge in [-0.05, 0) is 13.8 Å². The fourth-order valence-electron chi connectivity index (χ4n) is 2.37. The van der Waals surface area contributed by atoms with Crippen LogP contribution >= 0.6 is 0 Å². The average molecular weight is 301 g/mol. The first kappa shape index (κ1) is 15.0. The summed E-state index contributed by atoms with van der Waals surface area (Å²) in [5.41, 5.74) is 1.83. The molecular formula is C12H19N3O4S. The Morgan fingerprint density at radius 3 is 2.65 bits per heavy atom. The number of esters is 1. The first-order valence-electron chi connectivity index (χ1n) is 6.59. The molecule has 0 atom stereocenters. The molecule has 8 heteroatoms. The largest absolute Gasteiger partial charge is 0.461 e. The molecule has 0 aromatic carbocycles. The summed E-state index contributed by atoms with van der Waals surface area (Å²) in [6.45, 7) is 5.17. The van der Waals surface area contributed by atoms with Crippen LogP contribution in [0, 0.1) is 0 Å². The normalized spacial score (nSPS) is 15.9. The number of aryl methyl sites for hydroxylation is 1. The van der Waals surface area contributed by atoms with Gasteiger partial charge in [0.25, 0.3) is 0 Å². The van der Waals surface area contributed by atoms with Crippen LogP contribution in [0.2, 0.25) is 0 Å². The van der Waals surface area contributed by atoms with Crippen molar-refractivity contribution in [2.45, 2.75) is 33.4 Å². The van der Waals surface area contributed by atoms with Crippen molar-refractivity contribution in [1.29, 1.82) is 0 Å². The molecule has 1 aromatic heterocycles. The van der Waals surface area contributed by atoms with Crippen LogP contribution in [0.25, 0.3) is 0 Å². The summed E-state index contributed by atoms with van der Waals surface area (Å²) in [7, 11) is -3.28. The minimum Gasteiger partial charge on any atom is -0.461 e. The van der Waals surface area contributed by atoms with Gasteiger partial charge in [0, 0.05) is 37.3 Å². The monoisotopic (exact) mass is 301 g/mol. The van der Waals surface area contributed by atoms with Crippen LogP contribution in [0.4, 0.5) is 0 Å². The highest BCUT2D eigenvalue weighted by Crippen LogP contribution is 2.24. The predicted octanol–water partition coefficient (Wildman–Crippen LogP) is 0.397. The van der Waals surface area contributed by atoms with Gasteiger partial charge in [-0.2, -0.15) is 9.40 Å². The first-order valence-corrected chi connectivity index (χ1v) is 8.44. The van der Waals surface area contributed by atoms with Gasteiger partial charge in [0.05, 0.1) is 12.9 Å². The number of fused-ring (bicyclic) bond motifs is 1. The zero-order valence-electron chi connectivity index (χ0n) is 11.9. The molecule has 112 valence electrons. The molecule has 2 heterocycles. The molecule has 0 bridgehead atoms. The summed E-state index contributed by atoms with van der Waals surface area (Å²) >= 11 is 0. The maximum Gasteiger partial charge on any atom is 0.359 e. The summed E-state index contributed by atoms with van der Waals surface area (Å²) in [6, 6.07) is 0. The lowest BCUT2D eigenvalue weighted by Gasteiger charge is -2.25. The Morgan fingerprint density at radius 2 is 2.10 bits per heavy atom. The second kappa shape index (κ2) is 5.53. The third-order valence-electron chi connectivity index (χ3n) is 3.34. The number of hydrogen-bond donors (Lipinski definition) is 0. The smallest absolute Gasteiger partial charge is 0.359 e. The molecule has 1 aromatic rings. The van der Waals surface area contributed by atoms with Gasteiger partial charge in [-0.25, -0.2) is 13.2 Å². The van der Waals surface area contributed by atoms with Crippen molar-refractivity contribution in [3.8, 4) is 0 Å². The number of ether oxygens (including phenoxy) is 1. The first-order chi connectivity index (χ1) is 9.38. The van der Waals surface area contributed by atoms with E-state index in [9.17, 15) is 13.2 Å². The van der Waals surface area contributed by atoms with Crippen molar-refractivity contribution in [1.82, 2.24) is 14.1 Å². The highest BCUT2D eigenvalue weighted by atomic mass is 32.2. The second-order valence-corrected chi connectivity index (χ2v) is 6.64. The summed E-state index contributed by atoms with van der Waals surface area (Å²) in [5, 5.41) is 4.27. The Morgan fingerprint density at radius 1 is 1.40 bits per heavy atom. The number of sulfonamides is 1. The Balaban J connectivity index is 2.42. The number of carbonyl (C=O) groups excluding carboxylic acids is 1. The quantitative estimate of drug-likeness (QED) is 0.752. The van der Waals surface area contributed by atoms with E-state index in [2.05, 4.69) is 5.10 Å². The maximum atomic E-state index is 11.9. The van der Waals surface area contributed by atoms with Crippen molar-refractivity contribution >= 4 is 16.0 Å². The average Bonchev–Trinajstić information content (AvgIpc) is 2.75. The third-order valence-corrected chi connectivity index (χ3v) is 4.59. The van der Waals surface area contributed by atoms with Gasteiger partial charge in [-0.1, -0.05) is 0 Å². The molecule has 0 saturated heterocycles. The highest BCUT2D eigenvalue weighted by Gasteiger charge is 2.31. The van der Waals surface area contributed by atoms with Crippen molar-refractivity contribution in [2.75, 3.05) is 19.4 Å². The number of hydrogen-bond acceptors (Lipinski definition) is 5. The van der Waals surface area contributed by atoms with E-state index in [1.165, 1.54) is 10.6 Å². The van der Waals surface area contributed by atoms with Crippen LogP contribution in [0.15, 0.2) is 0 Å². The zero-order valence-corrected chi connectivity index (χ0v) is 12.7. The summed E-state index contributed by atoms with van der Waals surface area (Å²) in [5.74, 6) is -0.494. The van der Waals surface area contributed by atoms with Gasteiger partial charge < -0.3 is 4.74 Å². The van der Waals surface area contributed by atoms with Gasteiger partial charge in [-0.3, -0.25) is 4.68 Å². The molecule has 1 aliphatic rings. The molecule has 20 heavy (non-hydrogen) atoms. The number of nitrogens with zero attached hydrogens (tertiary/aromatic N) is 3. The van der Waals surface area contributed by atoms with E-state index >= 15 is 0 Å². The molecule has 0 N–H and O–H groups in total. The molecule has 0 aliphatic carbocycles. The number of aromatic nitrogens is 2. The van der Waals surface area contributed by atoms with E-state index in [1.54, 1.807) is 11.6 Å². The van der Waals surface area contributed by atoms with Gasteiger partial charge in [0.2, 0.25) is 10.0 Å². The lowest BCUT2D eigenvalue weighted by atomic mass is 10.1.